The average Bonchev–Trinajstić information content (AvgIpc) is 3.36. The van der Waals surface area contributed by atoms with Crippen molar-refractivity contribution < 1.29 is 4.79 Å². The van der Waals surface area contributed by atoms with Crippen LogP contribution in [-0.2, 0) is 11.2 Å². The van der Waals surface area contributed by atoms with Crippen LogP contribution in [-0.4, -0.2) is 23.4 Å². The molecular formula is C21H24N2O. The number of fused-ring (bicyclic) bond motifs is 1. The first-order valence-electron chi connectivity index (χ1n) is 9.00. The Morgan fingerprint density at radius 1 is 1.00 bits per heavy atom. The standard InChI is InChI=1S/C21H24N2O/c24-21(22-17-7-2-1-3-8-17)14-15-23(18-11-12-18)20-13-10-16-6-4-5-9-19(16)20/h1-9,18,20H,10-15H2,(H,22,24). The minimum absolute atomic E-state index is 0.109. The van der Waals surface area contributed by atoms with Crippen molar-refractivity contribution in [3.63, 3.8) is 0 Å². The molecule has 1 fully saturated rings. The fourth-order valence-electron chi connectivity index (χ4n) is 3.85. The van der Waals surface area contributed by atoms with Gasteiger partial charge in [0.15, 0.2) is 0 Å². The molecule has 1 unspecified atom stereocenters. The third kappa shape index (κ3) is 3.36. The summed E-state index contributed by atoms with van der Waals surface area (Å²) in [6.45, 7) is 0.850. The first kappa shape index (κ1) is 15.4. The Bertz CT molecular complexity index is 709. The molecule has 1 saturated carbocycles. The lowest BCUT2D eigenvalue weighted by Gasteiger charge is -2.29. The summed E-state index contributed by atoms with van der Waals surface area (Å²) in [5.74, 6) is 0.109. The van der Waals surface area contributed by atoms with Crippen LogP contribution in [0.2, 0.25) is 0 Å². The van der Waals surface area contributed by atoms with Crippen molar-refractivity contribution in [2.45, 2.75) is 44.2 Å². The normalized spacial score (nSPS) is 19.3. The molecule has 3 heteroatoms. The van der Waals surface area contributed by atoms with Crippen LogP contribution in [0.1, 0.15) is 42.9 Å². The minimum Gasteiger partial charge on any atom is -0.326 e. The van der Waals surface area contributed by atoms with E-state index in [9.17, 15) is 4.79 Å². The van der Waals surface area contributed by atoms with Crippen LogP contribution in [0.4, 0.5) is 5.69 Å². The van der Waals surface area contributed by atoms with Crippen LogP contribution >= 0.6 is 0 Å². The molecule has 3 nitrogen and oxygen atoms in total. The Morgan fingerprint density at radius 3 is 2.54 bits per heavy atom. The average molecular weight is 320 g/mol. The quantitative estimate of drug-likeness (QED) is 0.866. The van der Waals surface area contributed by atoms with Crippen LogP contribution in [0.3, 0.4) is 0 Å². The van der Waals surface area contributed by atoms with Crippen molar-refractivity contribution in [3.8, 4) is 0 Å². The summed E-state index contributed by atoms with van der Waals surface area (Å²) in [7, 11) is 0. The zero-order valence-electron chi connectivity index (χ0n) is 13.9. The highest BCUT2D eigenvalue weighted by Gasteiger charge is 2.37. The first-order chi connectivity index (χ1) is 11.8. The van der Waals surface area contributed by atoms with Gasteiger partial charge in [-0.05, 0) is 48.9 Å². The lowest BCUT2D eigenvalue weighted by atomic mass is 10.1. The number of rotatable bonds is 6. The molecule has 2 aromatic rings. The van der Waals surface area contributed by atoms with Crippen molar-refractivity contribution in [2.24, 2.45) is 0 Å². The number of aryl methyl sites for hydroxylation is 1. The fraction of sp³-hybridized carbons (Fsp3) is 0.381. The van der Waals surface area contributed by atoms with Gasteiger partial charge in [-0.15, -0.1) is 0 Å². The highest BCUT2D eigenvalue weighted by Crippen LogP contribution is 2.41. The third-order valence-corrected chi connectivity index (χ3v) is 5.17. The minimum atomic E-state index is 0.109. The van der Waals surface area contributed by atoms with Gasteiger partial charge < -0.3 is 5.32 Å². The second kappa shape index (κ2) is 6.78. The molecule has 0 bridgehead atoms. The number of hydrogen-bond acceptors (Lipinski definition) is 2. The molecular weight excluding hydrogens is 296 g/mol. The van der Waals surface area contributed by atoms with E-state index in [0.29, 0.717) is 18.5 Å². The number of benzene rings is 2. The molecule has 1 amide bonds. The molecule has 1 N–H and O–H groups in total. The summed E-state index contributed by atoms with van der Waals surface area (Å²) in [6, 6.07) is 19.7. The molecule has 0 saturated heterocycles. The number of amides is 1. The number of anilines is 1. The number of para-hydroxylation sites is 1. The van der Waals surface area contributed by atoms with Crippen LogP contribution in [0.5, 0.6) is 0 Å². The Kier molecular flexibility index (Phi) is 4.35. The van der Waals surface area contributed by atoms with Gasteiger partial charge in [0.25, 0.3) is 0 Å². The van der Waals surface area contributed by atoms with E-state index in [1.165, 1.54) is 36.8 Å². The van der Waals surface area contributed by atoms with E-state index in [1.54, 1.807) is 0 Å². The highest BCUT2D eigenvalue weighted by atomic mass is 16.1. The van der Waals surface area contributed by atoms with Gasteiger partial charge in [0, 0.05) is 30.7 Å². The maximum Gasteiger partial charge on any atom is 0.225 e. The molecule has 2 aliphatic rings. The summed E-state index contributed by atoms with van der Waals surface area (Å²) in [5, 5.41) is 3.00. The zero-order chi connectivity index (χ0) is 16.4. The van der Waals surface area contributed by atoms with Gasteiger partial charge >= 0.3 is 0 Å². The van der Waals surface area contributed by atoms with Crippen molar-refractivity contribution >= 4 is 11.6 Å². The number of hydrogen-bond donors (Lipinski definition) is 1. The highest BCUT2D eigenvalue weighted by molar-refractivity contribution is 5.90. The van der Waals surface area contributed by atoms with Gasteiger partial charge in [0.1, 0.15) is 0 Å². The van der Waals surface area contributed by atoms with Gasteiger partial charge in [-0.1, -0.05) is 42.5 Å². The molecule has 0 aliphatic heterocycles. The Labute approximate surface area is 143 Å². The van der Waals surface area contributed by atoms with E-state index >= 15 is 0 Å². The summed E-state index contributed by atoms with van der Waals surface area (Å²) in [6.07, 6.45) is 5.47. The fourth-order valence-corrected chi connectivity index (χ4v) is 3.85. The molecule has 4 rings (SSSR count). The van der Waals surface area contributed by atoms with Crippen LogP contribution in [0.15, 0.2) is 54.6 Å². The van der Waals surface area contributed by atoms with Crippen molar-refractivity contribution in [3.05, 3.63) is 65.7 Å². The van der Waals surface area contributed by atoms with Crippen molar-refractivity contribution in [1.82, 2.24) is 4.90 Å². The van der Waals surface area contributed by atoms with Gasteiger partial charge in [-0.2, -0.15) is 0 Å². The van der Waals surface area contributed by atoms with Crippen LogP contribution in [0.25, 0.3) is 0 Å². The SMILES string of the molecule is O=C(CCN(C1CC1)C1CCc2ccccc21)Nc1ccccc1. The summed E-state index contributed by atoms with van der Waals surface area (Å²) in [4.78, 5) is 14.9. The zero-order valence-corrected chi connectivity index (χ0v) is 13.9. The number of carbonyl (C=O) groups excluding carboxylic acids is 1. The number of nitrogens with zero attached hydrogens (tertiary/aromatic N) is 1. The summed E-state index contributed by atoms with van der Waals surface area (Å²) >= 11 is 0. The smallest absolute Gasteiger partial charge is 0.225 e. The van der Waals surface area contributed by atoms with Crippen LogP contribution < -0.4 is 5.32 Å². The Morgan fingerprint density at radius 2 is 1.75 bits per heavy atom. The maximum atomic E-state index is 12.3. The lowest BCUT2D eigenvalue weighted by Crippen LogP contribution is -2.33. The molecule has 1 atom stereocenters. The van der Waals surface area contributed by atoms with E-state index in [4.69, 9.17) is 0 Å². The van der Waals surface area contributed by atoms with E-state index in [-0.39, 0.29) is 5.91 Å². The van der Waals surface area contributed by atoms with E-state index in [0.717, 1.165) is 12.2 Å². The van der Waals surface area contributed by atoms with Crippen LogP contribution in [0, 0.1) is 0 Å². The van der Waals surface area contributed by atoms with E-state index in [2.05, 4.69) is 34.5 Å². The molecule has 0 spiro atoms. The predicted molar refractivity (Wildman–Crippen MR) is 96.9 cm³/mol. The first-order valence-corrected chi connectivity index (χ1v) is 9.00. The van der Waals surface area contributed by atoms with Crippen molar-refractivity contribution in [1.29, 1.82) is 0 Å². The lowest BCUT2D eigenvalue weighted by molar-refractivity contribution is -0.116. The Hall–Kier alpha value is -2.13. The topological polar surface area (TPSA) is 32.3 Å². The van der Waals surface area contributed by atoms with Gasteiger partial charge in [-0.3, -0.25) is 9.69 Å². The summed E-state index contributed by atoms with van der Waals surface area (Å²) < 4.78 is 0. The molecule has 0 heterocycles. The second-order valence-corrected chi connectivity index (χ2v) is 6.89. The maximum absolute atomic E-state index is 12.3. The molecule has 0 radical (unpaired) electrons. The third-order valence-electron chi connectivity index (χ3n) is 5.17. The van der Waals surface area contributed by atoms with Gasteiger partial charge in [-0.25, -0.2) is 0 Å². The predicted octanol–water partition coefficient (Wildman–Crippen LogP) is 4.17. The van der Waals surface area contributed by atoms with Gasteiger partial charge in [0.2, 0.25) is 5.91 Å². The second-order valence-electron chi connectivity index (χ2n) is 6.89. The summed E-state index contributed by atoms with van der Waals surface area (Å²) in [5.41, 5.74) is 3.85. The number of nitrogens with one attached hydrogen (secondary N) is 1. The largest absolute Gasteiger partial charge is 0.326 e. The van der Waals surface area contributed by atoms with E-state index < -0.39 is 0 Å². The van der Waals surface area contributed by atoms with Gasteiger partial charge in [0.05, 0.1) is 0 Å². The van der Waals surface area contributed by atoms with E-state index in [1.807, 2.05) is 30.3 Å². The molecule has 2 aliphatic carbocycles. The molecule has 2 aromatic carbocycles. The molecule has 24 heavy (non-hydrogen) atoms. The number of carbonyl (C=O) groups is 1. The monoisotopic (exact) mass is 320 g/mol. The van der Waals surface area contributed by atoms with Crippen molar-refractivity contribution in [2.75, 3.05) is 11.9 Å². The Balaban J connectivity index is 1.39. The molecule has 0 aromatic heterocycles. The molecule has 124 valence electrons.